The number of carbonyl (C=O) groups is 1. The number of rotatable bonds is 3. The maximum atomic E-state index is 11.7. The SMILES string of the molecule is Cc1ccc(Nc2ccc3c(c2)NC(=O)C(C)O3)c([N+](=O)[O-])c1. The summed E-state index contributed by atoms with van der Waals surface area (Å²) in [5.74, 6) is 0.344. The Morgan fingerprint density at radius 2 is 2.04 bits per heavy atom. The monoisotopic (exact) mass is 313 g/mol. The molecule has 1 amide bonds. The molecule has 1 heterocycles. The van der Waals surface area contributed by atoms with Gasteiger partial charge < -0.3 is 15.4 Å². The third-order valence-corrected chi connectivity index (χ3v) is 3.54. The third-order valence-electron chi connectivity index (χ3n) is 3.54. The number of amides is 1. The van der Waals surface area contributed by atoms with Crippen LogP contribution in [0, 0.1) is 17.0 Å². The Kier molecular flexibility index (Phi) is 3.61. The summed E-state index contributed by atoms with van der Waals surface area (Å²) < 4.78 is 5.48. The van der Waals surface area contributed by atoms with Crippen LogP contribution >= 0.6 is 0 Å². The molecule has 23 heavy (non-hydrogen) atoms. The lowest BCUT2D eigenvalue weighted by Gasteiger charge is -2.23. The van der Waals surface area contributed by atoms with Gasteiger partial charge in [0.25, 0.3) is 11.6 Å². The van der Waals surface area contributed by atoms with Crippen molar-refractivity contribution < 1.29 is 14.5 Å². The van der Waals surface area contributed by atoms with Crippen LogP contribution < -0.4 is 15.4 Å². The van der Waals surface area contributed by atoms with Gasteiger partial charge in [0.15, 0.2) is 6.10 Å². The molecule has 2 aromatic rings. The molecule has 2 aromatic carbocycles. The molecule has 7 heteroatoms. The number of fused-ring (bicyclic) bond motifs is 1. The molecule has 0 saturated carbocycles. The first-order chi connectivity index (χ1) is 10.9. The Morgan fingerprint density at radius 1 is 1.26 bits per heavy atom. The van der Waals surface area contributed by atoms with Crippen molar-refractivity contribution in [1.82, 2.24) is 0 Å². The molecular weight excluding hydrogens is 298 g/mol. The number of ether oxygens (including phenoxy) is 1. The molecular formula is C16H15N3O4. The van der Waals surface area contributed by atoms with E-state index >= 15 is 0 Å². The summed E-state index contributed by atoms with van der Waals surface area (Å²) in [4.78, 5) is 22.4. The second-order valence-electron chi connectivity index (χ2n) is 5.36. The highest BCUT2D eigenvalue weighted by atomic mass is 16.6. The van der Waals surface area contributed by atoms with E-state index in [0.29, 0.717) is 22.8 Å². The number of nitro groups is 1. The van der Waals surface area contributed by atoms with E-state index < -0.39 is 11.0 Å². The summed E-state index contributed by atoms with van der Waals surface area (Å²) in [6, 6.07) is 10.1. The summed E-state index contributed by atoms with van der Waals surface area (Å²) in [5.41, 5.74) is 2.35. The maximum Gasteiger partial charge on any atom is 0.292 e. The van der Waals surface area contributed by atoms with Gasteiger partial charge in [-0.15, -0.1) is 0 Å². The molecule has 0 saturated heterocycles. The lowest BCUT2D eigenvalue weighted by atomic mass is 10.1. The van der Waals surface area contributed by atoms with Crippen molar-refractivity contribution in [2.45, 2.75) is 20.0 Å². The fourth-order valence-corrected chi connectivity index (χ4v) is 2.34. The fraction of sp³-hybridized carbons (Fsp3) is 0.188. The van der Waals surface area contributed by atoms with Crippen LogP contribution in [-0.2, 0) is 4.79 Å². The van der Waals surface area contributed by atoms with Gasteiger partial charge in [-0.3, -0.25) is 14.9 Å². The van der Waals surface area contributed by atoms with Crippen LogP contribution in [0.25, 0.3) is 0 Å². The van der Waals surface area contributed by atoms with Gasteiger partial charge in [0, 0.05) is 11.8 Å². The number of carbonyl (C=O) groups excluding carboxylic acids is 1. The first-order valence-corrected chi connectivity index (χ1v) is 7.07. The number of hydrogen-bond donors (Lipinski definition) is 2. The summed E-state index contributed by atoms with van der Waals surface area (Å²) >= 11 is 0. The Hall–Kier alpha value is -3.09. The zero-order valence-corrected chi connectivity index (χ0v) is 12.6. The molecule has 0 aliphatic carbocycles. The number of anilines is 3. The molecule has 0 radical (unpaired) electrons. The second-order valence-corrected chi connectivity index (χ2v) is 5.36. The molecule has 1 unspecified atom stereocenters. The van der Waals surface area contributed by atoms with Gasteiger partial charge in [-0.25, -0.2) is 0 Å². The largest absolute Gasteiger partial charge is 0.479 e. The van der Waals surface area contributed by atoms with Gasteiger partial charge in [-0.1, -0.05) is 6.07 Å². The summed E-state index contributed by atoms with van der Waals surface area (Å²) in [7, 11) is 0. The molecule has 2 N–H and O–H groups in total. The van der Waals surface area contributed by atoms with Crippen molar-refractivity contribution >= 4 is 28.7 Å². The normalized spacial score (nSPS) is 16.1. The molecule has 7 nitrogen and oxygen atoms in total. The van der Waals surface area contributed by atoms with Crippen LogP contribution in [0.4, 0.5) is 22.7 Å². The zero-order chi connectivity index (χ0) is 16.6. The molecule has 0 spiro atoms. The second kappa shape index (κ2) is 5.60. The Morgan fingerprint density at radius 3 is 2.78 bits per heavy atom. The molecule has 1 atom stereocenters. The van der Waals surface area contributed by atoms with Crippen LogP contribution in [0.5, 0.6) is 5.75 Å². The standard InChI is InChI=1S/C16H15N3O4/c1-9-3-5-12(14(7-9)19(21)22)17-11-4-6-15-13(8-11)18-16(20)10(2)23-15/h3-8,10,17H,1-2H3,(H,18,20). The minimum atomic E-state index is -0.542. The average molecular weight is 313 g/mol. The smallest absolute Gasteiger partial charge is 0.292 e. The van der Waals surface area contributed by atoms with Gasteiger partial charge in [0.1, 0.15) is 11.4 Å². The van der Waals surface area contributed by atoms with E-state index in [1.54, 1.807) is 44.2 Å². The molecule has 118 valence electrons. The summed E-state index contributed by atoms with van der Waals surface area (Å²) in [6.45, 7) is 3.46. The first kappa shape index (κ1) is 14.8. The van der Waals surface area contributed by atoms with Crippen molar-refractivity contribution in [3.05, 3.63) is 52.1 Å². The number of benzene rings is 2. The molecule has 1 aliphatic rings. The minimum absolute atomic E-state index is 0.00312. The van der Waals surface area contributed by atoms with Gasteiger partial charge in [-0.2, -0.15) is 0 Å². The summed E-state index contributed by atoms with van der Waals surface area (Å²) in [5, 5.41) is 16.9. The van der Waals surface area contributed by atoms with Crippen LogP contribution in [0.1, 0.15) is 12.5 Å². The highest BCUT2D eigenvalue weighted by molar-refractivity contribution is 5.98. The predicted molar refractivity (Wildman–Crippen MR) is 86.3 cm³/mol. The van der Waals surface area contributed by atoms with E-state index in [1.807, 2.05) is 0 Å². The van der Waals surface area contributed by atoms with Gasteiger partial charge in [-0.05, 0) is 43.7 Å². The van der Waals surface area contributed by atoms with E-state index in [0.717, 1.165) is 5.56 Å². The number of aryl methyl sites for hydroxylation is 1. The van der Waals surface area contributed by atoms with Crippen molar-refractivity contribution in [1.29, 1.82) is 0 Å². The fourth-order valence-electron chi connectivity index (χ4n) is 2.34. The first-order valence-electron chi connectivity index (χ1n) is 7.07. The lowest BCUT2D eigenvalue weighted by Crippen LogP contribution is -2.34. The van der Waals surface area contributed by atoms with Gasteiger partial charge in [0.2, 0.25) is 0 Å². The maximum absolute atomic E-state index is 11.7. The Balaban J connectivity index is 1.92. The van der Waals surface area contributed by atoms with E-state index in [9.17, 15) is 14.9 Å². The Labute approximate surface area is 132 Å². The van der Waals surface area contributed by atoms with E-state index in [1.165, 1.54) is 6.07 Å². The Bertz CT molecular complexity index is 804. The van der Waals surface area contributed by atoms with Gasteiger partial charge >= 0.3 is 0 Å². The number of nitrogens with one attached hydrogen (secondary N) is 2. The molecule has 1 aliphatic heterocycles. The molecule has 0 fully saturated rings. The third kappa shape index (κ3) is 2.94. The zero-order valence-electron chi connectivity index (χ0n) is 12.6. The van der Waals surface area contributed by atoms with E-state index in [2.05, 4.69) is 10.6 Å². The average Bonchev–Trinajstić information content (AvgIpc) is 2.50. The summed E-state index contributed by atoms with van der Waals surface area (Å²) in [6.07, 6.45) is -0.542. The highest BCUT2D eigenvalue weighted by Crippen LogP contribution is 2.35. The van der Waals surface area contributed by atoms with Crippen LogP contribution in [0.2, 0.25) is 0 Å². The van der Waals surface area contributed by atoms with Crippen LogP contribution in [0.15, 0.2) is 36.4 Å². The van der Waals surface area contributed by atoms with Gasteiger partial charge in [0.05, 0.1) is 10.6 Å². The minimum Gasteiger partial charge on any atom is -0.479 e. The van der Waals surface area contributed by atoms with Crippen molar-refractivity contribution in [2.75, 3.05) is 10.6 Å². The van der Waals surface area contributed by atoms with Crippen LogP contribution in [0.3, 0.4) is 0 Å². The number of nitro benzene ring substituents is 1. The van der Waals surface area contributed by atoms with Crippen molar-refractivity contribution in [3.63, 3.8) is 0 Å². The van der Waals surface area contributed by atoms with E-state index in [-0.39, 0.29) is 11.6 Å². The molecule has 3 rings (SSSR count). The van der Waals surface area contributed by atoms with Crippen molar-refractivity contribution in [2.24, 2.45) is 0 Å². The van der Waals surface area contributed by atoms with Crippen LogP contribution in [-0.4, -0.2) is 16.9 Å². The van der Waals surface area contributed by atoms with E-state index in [4.69, 9.17) is 4.74 Å². The predicted octanol–water partition coefficient (Wildman–Crippen LogP) is 3.37. The molecule has 0 bridgehead atoms. The number of hydrogen-bond acceptors (Lipinski definition) is 5. The highest BCUT2D eigenvalue weighted by Gasteiger charge is 2.23. The molecule has 0 aromatic heterocycles. The quantitative estimate of drug-likeness (QED) is 0.669. The number of nitrogens with zero attached hydrogens (tertiary/aromatic N) is 1. The lowest BCUT2D eigenvalue weighted by molar-refractivity contribution is -0.384. The van der Waals surface area contributed by atoms with Crippen molar-refractivity contribution in [3.8, 4) is 5.75 Å². The topological polar surface area (TPSA) is 93.5 Å².